The average molecular weight is 431 g/mol. The first-order valence-corrected chi connectivity index (χ1v) is 10.3. The predicted molar refractivity (Wildman–Crippen MR) is 118 cm³/mol. The summed E-state index contributed by atoms with van der Waals surface area (Å²) in [5, 5.41) is 6.32. The van der Waals surface area contributed by atoms with E-state index in [4.69, 9.17) is 16.3 Å². The number of rotatable bonds is 6. The summed E-state index contributed by atoms with van der Waals surface area (Å²) in [7, 11) is 1.61. The Balaban J connectivity index is 1.43. The second kappa shape index (κ2) is 10.2. The Bertz CT molecular complexity index is 867. The van der Waals surface area contributed by atoms with Gasteiger partial charge in [0.25, 0.3) is 0 Å². The van der Waals surface area contributed by atoms with Crippen LogP contribution in [0.3, 0.4) is 0 Å². The molecule has 30 heavy (non-hydrogen) atoms. The van der Waals surface area contributed by atoms with Crippen LogP contribution in [-0.4, -0.2) is 56.2 Å². The highest BCUT2D eigenvalue weighted by Gasteiger charge is 2.24. The average Bonchev–Trinajstić information content (AvgIpc) is 2.77. The molecule has 0 unspecified atom stereocenters. The Morgan fingerprint density at radius 2 is 1.80 bits per heavy atom. The number of nitrogens with one attached hydrogen (secondary N) is 2. The quantitative estimate of drug-likeness (QED) is 0.739. The van der Waals surface area contributed by atoms with Crippen molar-refractivity contribution in [1.82, 2.24) is 15.5 Å². The molecule has 3 amide bonds. The number of carbonyl (C=O) groups is 2. The summed E-state index contributed by atoms with van der Waals surface area (Å²) in [5.74, 6) is 0.540. The largest absolute Gasteiger partial charge is 0.497 e. The van der Waals surface area contributed by atoms with Gasteiger partial charge in [0.2, 0.25) is 5.91 Å². The van der Waals surface area contributed by atoms with E-state index in [9.17, 15) is 9.59 Å². The molecule has 1 fully saturated rings. The number of piperazine rings is 1. The molecular formula is C22H27ClN4O3. The van der Waals surface area contributed by atoms with E-state index >= 15 is 0 Å². The number of urea groups is 1. The number of halogens is 1. The molecule has 2 N–H and O–H groups in total. The van der Waals surface area contributed by atoms with Crippen LogP contribution in [0.5, 0.6) is 5.75 Å². The topological polar surface area (TPSA) is 73.9 Å². The van der Waals surface area contributed by atoms with Gasteiger partial charge >= 0.3 is 6.03 Å². The molecule has 0 radical (unpaired) electrons. The van der Waals surface area contributed by atoms with Crippen molar-refractivity contribution >= 4 is 29.2 Å². The minimum Gasteiger partial charge on any atom is -0.497 e. The maximum Gasteiger partial charge on any atom is 0.318 e. The number of anilines is 1. The van der Waals surface area contributed by atoms with E-state index in [1.165, 1.54) is 0 Å². The molecule has 2 aromatic rings. The summed E-state index contributed by atoms with van der Waals surface area (Å²) >= 11 is 6.06. The van der Waals surface area contributed by atoms with Gasteiger partial charge in [0.1, 0.15) is 11.8 Å². The second-order valence-corrected chi connectivity index (χ2v) is 7.63. The maximum absolute atomic E-state index is 12.5. The molecule has 0 aliphatic carbocycles. The van der Waals surface area contributed by atoms with Gasteiger partial charge in [0.05, 0.1) is 7.11 Å². The highest BCUT2D eigenvalue weighted by atomic mass is 35.5. The van der Waals surface area contributed by atoms with Crippen LogP contribution in [0.1, 0.15) is 12.5 Å². The smallest absolute Gasteiger partial charge is 0.318 e. The van der Waals surface area contributed by atoms with Crippen LogP contribution < -0.4 is 20.3 Å². The fraction of sp³-hybridized carbons (Fsp3) is 0.364. The van der Waals surface area contributed by atoms with Crippen LogP contribution in [0.25, 0.3) is 0 Å². The van der Waals surface area contributed by atoms with E-state index in [1.807, 2.05) is 48.5 Å². The van der Waals surface area contributed by atoms with Crippen LogP contribution in [0.4, 0.5) is 10.5 Å². The van der Waals surface area contributed by atoms with E-state index in [2.05, 4.69) is 15.5 Å². The lowest BCUT2D eigenvalue weighted by Gasteiger charge is -2.36. The van der Waals surface area contributed by atoms with Crippen molar-refractivity contribution < 1.29 is 14.3 Å². The molecule has 3 rings (SSSR count). The molecular weight excluding hydrogens is 404 g/mol. The minimum absolute atomic E-state index is 0.225. The maximum atomic E-state index is 12.5. The Labute approximate surface area is 181 Å². The third-order valence-electron chi connectivity index (χ3n) is 5.10. The van der Waals surface area contributed by atoms with Gasteiger partial charge in [-0.05, 0) is 42.8 Å². The van der Waals surface area contributed by atoms with Crippen LogP contribution in [-0.2, 0) is 11.3 Å². The van der Waals surface area contributed by atoms with E-state index in [-0.39, 0.29) is 11.9 Å². The van der Waals surface area contributed by atoms with Gasteiger partial charge in [-0.3, -0.25) is 4.79 Å². The Morgan fingerprint density at radius 3 is 2.43 bits per heavy atom. The molecule has 160 valence electrons. The first-order valence-electron chi connectivity index (χ1n) is 9.93. The summed E-state index contributed by atoms with van der Waals surface area (Å²) < 4.78 is 5.12. The third-order valence-corrected chi connectivity index (χ3v) is 5.33. The zero-order valence-corrected chi connectivity index (χ0v) is 18.0. The third kappa shape index (κ3) is 5.79. The standard InChI is InChI=1S/C22H27ClN4O3/c1-16(21(28)24-15-17-6-8-20(30-2)9-7-17)25-22(29)27-12-10-26(11-13-27)19-5-3-4-18(23)14-19/h3-9,14,16H,10-13,15H2,1-2H3,(H,24,28)(H,25,29)/t16-/m0/s1. The van der Waals surface area contributed by atoms with Gasteiger partial charge < -0.3 is 25.2 Å². The second-order valence-electron chi connectivity index (χ2n) is 7.19. The fourth-order valence-electron chi connectivity index (χ4n) is 3.27. The minimum atomic E-state index is -0.623. The lowest BCUT2D eigenvalue weighted by atomic mass is 10.2. The molecule has 1 atom stereocenters. The van der Waals surface area contributed by atoms with Crippen molar-refractivity contribution in [3.63, 3.8) is 0 Å². The van der Waals surface area contributed by atoms with Gasteiger partial charge in [0, 0.05) is 43.4 Å². The highest BCUT2D eigenvalue weighted by Crippen LogP contribution is 2.20. The lowest BCUT2D eigenvalue weighted by Crippen LogP contribution is -2.55. The molecule has 7 nitrogen and oxygen atoms in total. The first-order chi connectivity index (χ1) is 14.5. The van der Waals surface area contributed by atoms with Gasteiger partial charge in [-0.1, -0.05) is 29.8 Å². The van der Waals surface area contributed by atoms with Crippen molar-refractivity contribution in [1.29, 1.82) is 0 Å². The van der Waals surface area contributed by atoms with E-state index in [1.54, 1.807) is 18.9 Å². The molecule has 1 aliphatic heterocycles. The number of hydrogen-bond acceptors (Lipinski definition) is 4. The van der Waals surface area contributed by atoms with Crippen LogP contribution in [0.15, 0.2) is 48.5 Å². The van der Waals surface area contributed by atoms with E-state index < -0.39 is 6.04 Å². The van der Waals surface area contributed by atoms with Crippen LogP contribution in [0, 0.1) is 0 Å². The van der Waals surface area contributed by atoms with Crippen molar-refractivity contribution in [2.45, 2.75) is 19.5 Å². The molecule has 0 aromatic heterocycles. The van der Waals surface area contributed by atoms with E-state index in [0.717, 1.165) is 17.0 Å². The Morgan fingerprint density at radius 1 is 1.10 bits per heavy atom. The molecule has 1 heterocycles. The lowest BCUT2D eigenvalue weighted by molar-refractivity contribution is -0.122. The highest BCUT2D eigenvalue weighted by molar-refractivity contribution is 6.30. The number of benzene rings is 2. The van der Waals surface area contributed by atoms with Gasteiger partial charge in [0.15, 0.2) is 0 Å². The van der Waals surface area contributed by atoms with Crippen molar-refractivity contribution in [3.05, 3.63) is 59.1 Å². The molecule has 0 saturated carbocycles. The van der Waals surface area contributed by atoms with Crippen molar-refractivity contribution in [2.75, 3.05) is 38.2 Å². The fourth-order valence-corrected chi connectivity index (χ4v) is 3.45. The molecule has 2 aromatic carbocycles. The van der Waals surface area contributed by atoms with Crippen LogP contribution >= 0.6 is 11.6 Å². The zero-order chi connectivity index (χ0) is 21.5. The van der Waals surface area contributed by atoms with Crippen molar-refractivity contribution in [3.8, 4) is 5.75 Å². The number of ether oxygens (including phenoxy) is 1. The van der Waals surface area contributed by atoms with Gasteiger partial charge in [-0.15, -0.1) is 0 Å². The normalized spacial score (nSPS) is 14.8. The summed E-state index contributed by atoms with van der Waals surface area (Å²) in [4.78, 5) is 28.8. The van der Waals surface area contributed by atoms with Gasteiger partial charge in [-0.25, -0.2) is 4.79 Å². The number of methoxy groups -OCH3 is 1. The summed E-state index contributed by atoms with van der Waals surface area (Å²) in [6, 6.07) is 14.3. The summed E-state index contributed by atoms with van der Waals surface area (Å²) in [5.41, 5.74) is 2.01. The number of hydrogen-bond donors (Lipinski definition) is 2. The van der Waals surface area contributed by atoms with Crippen LogP contribution in [0.2, 0.25) is 5.02 Å². The van der Waals surface area contributed by atoms with E-state index in [0.29, 0.717) is 37.7 Å². The SMILES string of the molecule is COc1ccc(CNC(=O)[C@H](C)NC(=O)N2CCN(c3cccc(Cl)c3)CC2)cc1. The first kappa shape index (κ1) is 21.8. The summed E-state index contributed by atoms with van der Waals surface area (Å²) in [6.45, 7) is 4.67. The Hall–Kier alpha value is -2.93. The number of nitrogens with zero attached hydrogens (tertiary/aromatic N) is 2. The Kier molecular flexibility index (Phi) is 7.41. The monoisotopic (exact) mass is 430 g/mol. The molecule has 1 saturated heterocycles. The molecule has 8 heteroatoms. The zero-order valence-electron chi connectivity index (χ0n) is 17.2. The van der Waals surface area contributed by atoms with Crippen molar-refractivity contribution in [2.24, 2.45) is 0 Å². The summed E-state index contributed by atoms with van der Waals surface area (Å²) in [6.07, 6.45) is 0. The molecule has 1 aliphatic rings. The molecule has 0 bridgehead atoms. The van der Waals surface area contributed by atoms with Gasteiger partial charge in [-0.2, -0.15) is 0 Å². The number of carbonyl (C=O) groups excluding carboxylic acids is 2. The predicted octanol–water partition coefficient (Wildman–Crippen LogP) is 2.89. The number of amides is 3. The molecule has 0 spiro atoms.